The van der Waals surface area contributed by atoms with Crippen LogP contribution in [0.2, 0.25) is 0 Å². The zero-order valence-corrected chi connectivity index (χ0v) is 24.5. The molecule has 0 bridgehead atoms. The first-order chi connectivity index (χ1) is 19.3. The number of benzene rings is 1. The van der Waals surface area contributed by atoms with Crippen LogP contribution in [0.25, 0.3) is 0 Å². The van der Waals surface area contributed by atoms with Crippen LogP contribution in [0.1, 0.15) is 80.2 Å². The van der Waals surface area contributed by atoms with E-state index >= 15 is 0 Å². The van der Waals surface area contributed by atoms with Crippen LogP contribution in [0.4, 0.5) is 10.8 Å². The van der Waals surface area contributed by atoms with Crippen LogP contribution >= 0.6 is 11.3 Å². The highest BCUT2D eigenvalue weighted by molar-refractivity contribution is 7.15. The minimum atomic E-state index is -0.724. The molecule has 1 aromatic heterocycles. The number of anilines is 2. The molecule has 214 valence electrons. The molecule has 1 aliphatic heterocycles. The van der Waals surface area contributed by atoms with Crippen molar-refractivity contribution in [2.75, 3.05) is 23.9 Å². The van der Waals surface area contributed by atoms with Crippen molar-refractivity contribution in [3.8, 4) is 0 Å². The number of aromatic nitrogens is 1. The second kappa shape index (κ2) is 10.8. The molecular weight excluding hydrogens is 524 g/mol. The highest BCUT2D eigenvalue weighted by Gasteiger charge is 2.57. The summed E-state index contributed by atoms with van der Waals surface area (Å²) in [7, 11) is 1.64. The molecule has 3 unspecified atom stereocenters. The number of thiazole rings is 1. The van der Waals surface area contributed by atoms with E-state index in [0.29, 0.717) is 41.6 Å². The monoisotopic (exact) mass is 564 g/mol. The van der Waals surface area contributed by atoms with Gasteiger partial charge in [-0.3, -0.25) is 4.79 Å². The molecule has 3 aliphatic carbocycles. The maximum absolute atomic E-state index is 12.8. The predicted molar refractivity (Wildman–Crippen MR) is 157 cm³/mol. The molecule has 6 atom stereocenters. The number of aryl methyl sites for hydroxylation is 2. The average molecular weight is 565 g/mol. The van der Waals surface area contributed by atoms with E-state index in [-0.39, 0.29) is 11.3 Å². The van der Waals surface area contributed by atoms with Gasteiger partial charge in [0.05, 0.1) is 5.71 Å². The molecule has 1 aromatic carbocycles. The Labute approximate surface area is 240 Å². The Balaban J connectivity index is 1.22. The van der Waals surface area contributed by atoms with Crippen molar-refractivity contribution in [2.45, 2.75) is 83.6 Å². The second-order valence-electron chi connectivity index (χ2n) is 12.4. The Morgan fingerprint density at radius 2 is 2.15 bits per heavy atom. The topological polar surface area (TPSA) is 104 Å². The smallest absolute Gasteiger partial charge is 0.326 e. The fourth-order valence-corrected chi connectivity index (χ4v) is 9.27. The first kappa shape index (κ1) is 27.2. The van der Waals surface area contributed by atoms with E-state index in [0.717, 1.165) is 67.8 Å². The van der Waals surface area contributed by atoms with E-state index in [9.17, 15) is 14.7 Å². The van der Waals surface area contributed by atoms with E-state index in [1.165, 1.54) is 22.5 Å². The number of hydrogen-bond acceptors (Lipinski definition) is 7. The summed E-state index contributed by atoms with van der Waals surface area (Å²) in [6.07, 6.45) is 9.94. The van der Waals surface area contributed by atoms with Gasteiger partial charge in [-0.05, 0) is 105 Å². The number of aliphatic carboxylic acids is 1. The first-order valence-electron chi connectivity index (χ1n) is 14.7. The summed E-state index contributed by atoms with van der Waals surface area (Å²) in [5.41, 5.74) is 5.04. The van der Waals surface area contributed by atoms with E-state index in [1.807, 2.05) is 6.92 Å². The van der Waals surface area contributed by atoms with Gasteiger partial charge in [0.15, 0.2) is 5.13 Å². The molecule has 0 spiro atoms. The molecule has 6 rings (SSSR count). The molecule has 40 heavy (non-hydrogen) atoms. The third-order valence-electron chi connectivity index (χ3n) is 10.3. The van der Waals surface area contributed by atoms with Crippen molar-refractivity contribution in [3.63, 3.8) is 0 Å². The second-order valence-corrected chi connectivity index (χ2v) is 13.6. The van der Waals surface area contributed by atoms with Gasteiger partial charge in [-0.2, -0.15) is 0 Å². The van der Waals surface area contributed by atoms with Crippen LogP contribution in [0.5, 0.6) is 0 Å². The number of carboxylic acid groups (broad SMARTS) is 1. The van der Waals surface area contributed by atoms with Crippen molar-refractivity contribution in [1.82, 2.24) is 4.98 Å². The van der Waals surface area contributed by atoms with Gasteiger partial charge >= 0.3 is 5.97 Å². The third kappa shape index (κ3) is 4.80. The Hall–Kier alpha value is -2.94. The molecule has 1 saturated heterocycles. The van der Waals surface area contributed by atoms with Gasteiger partial charge in [0.2, 0.25) is 5.91 Å². The molecule has 2 heterocycles. The lowest BCUT2D eigenvalue weighted by atomic mass is 9.54. The van der Waals surface area contributed by atoms with Crippen molar-refractivity contribution in [1.29, 1.82) is 0 Å². The van der Waals surface area contributed by atoms with Gasteiger partial charge in [-0.25, -0.2) is 9.78 Å². The molecule has 8 nitrogen and oxygen atoms in total. The molecule has 9 heteroatoms. The molecule has 2 N–H and O–H groups in total. The van der Waals surface area contributed by atoms with Gasteiger partial charge in [0.25, 0.3) is 0 Å². The van der Waals surface area contributed by atoms with Crippen LogP contribution in [0.15, 0.2) is 29.6 Å². The quantitative estimate of drug-likeness (QED) is 0.399. The number of nitrogens with one attached hydrogen (secondary N) is 1. The molecule has 3 fully saturated rings. The largest absolute Gasteiger partial charge is 0.480 e. The summed E-state index contributed by atoms with van der Waals surface area (Å²) in [5, 5.41) is 17.9. The average Bonchev–Trinajstić information content (AvgIpc) is 3.65. The Morgan fingerprint density at radius 3 is 2.90 bits per heavy atom. The molecular formula is C31H40N4O4S. The van der Waals surface area contributed by atoms with E-state index in [4.69, 9.17) is 4.84 Å². The number of nitrogens with zero attached hydrogens (tertiary/aromatic N) is 3. The number of rotatable bonds is 7. The minimum Gasteiger partial charge on any atom is -0.480 e. The molecule has 4 aliphatic rings. The van der Waals surface area contributed by atoms with Crippen LogP contribution in [0.3, 0.4) is 0 Å². The number of carboxylic acids is 1. The summed E-state index contributed by atoms with van der Waals surface area (Å²) >= 11 is 1.51. The summed E-state index contributed by atoms with van der Waals surface area (Å²) in [4.78, 5) is 37.4. The molecule has 0 radical (unpaired) electrons. The van der Waals surface area contributed by atoms with Crippen LogP contribution in [-0.2, 0) is 20.8 Å². The van der Waals surface area contributed by atoms with E-state index in [1.54, 1.807) is 13.3 Å². The minimum absolute atomic E-state index is 0.00750. The summed E-state index contributed by atoms with van der Waals surface area (Å²) in [6, 6.07) is 6.30. The van der Waals surface area contributed by atoms with Crippen molar-refractivity contribution < 1.29 is 19.5 Å². The number of carbonyl (C=O) groups excluding carboxylic acids is 1. The zero-order chi connectivity index (χ0) is 28.0. The first-order valence-corrected chi connectivity index (χ1v) is 15.5. The SMILES string of the molecule is CO/N=C1\C[C@@H](CCC(=O)Nc2ncc(C)s2)C2C3CCc4cc(N5CCC[C@H]5C(=O)O)ccc4C3CC[C@]12C. The highest BCUT2D eigenvalue weighted by atomic mass is 32.1. The van der Waals surface area contributed by atoms with E-state index in [2.05, 4.69) is 45.5 Å². The van der Waals surface area contributed by atoms with Gasteiger partial charge in [-0.15, -0.1) is 11.3 Å². The lowest BCUT2D eigenvalue weighted by Gasteiger charge is -2.50. The van der Waals surface area contributed by atoms with Gasteiger partial charge in [0, 0.05) is 35.1 Å². The normalized spacial score (nSPS) is 31.9. The Morgan fingerprint density at radius 1 is 1.30 bits per heavy atom. The number of hydrogen-bond donors (Lipinski definition) is 2. The molecule has 2 aromatic rings. The fraction of sp³-hybridized carbons (Fsp3) is 0.613. The highest BCUT2D eigenvalue weighted by Crippen LogP contribution is 2.62. The lowest BCUT2D eigenvalue weighted by molar-refractivity contribution is -0.138. The standard InChI is InChI=1S/C31H40N4O4S/c1-18-17-32-30(40-18)33-27(36)11-7-20-16-26(34-39-3)31(2)13-12-23-22-10-8-21(35-14-4-5-25(35)29(37)38)15-19(22)6-9-24(23)28(20)31/h8,10,15,17,20,23-25,28H,4-7,9,11-14,16H2,1-3H3,(H,37,38)(H,32,33,36)/b34-26+/t20-,23?,24?,25+,28?,31-/m1/s1. The summed E-state index contributed by atoms with van der Waals surface area (Å²) < 4.78 is 0. The summed E-state index contributed by atoms with van der Waals surface area (Å²) in [6.45, 7) is 5.18. The van der Waals surface area contributed by atoms with Crippen molar-refractivity contribution in [2.24, 2.45) is 28.3 Å². The Kier molecular flexibility index (Phi) is 7.36. The van der Waals surface area contributed by atoms with E-state index < -0.39 is 12.0 Å². The van der Waals surface area contributed by atoms with Crippen LogP contribution in [-0.4, -0.2) is 47.4 Å². The fourth-order valence-electron chi connectivity index (χ4n) is 8.59. The number of amides is 1. The van der Waals surface area contributed by atoms with Crippen LogP contribution in [0, 0.1) is 30.1 Å². The van der Waals surface area contributed by atoms with Crippen molar-refractivity contribution >= 4 is 39.7 Å². The maximum atomic E-state index is 12.8. The summed E-state index contributed by atoms with van der Waals surface area (Å²) in [5.74, 6) is 1.17. The van der Waals surface area contributed by atoms with Crippen LogP contribution < -0.4 is 10.2 Å². The zero-order valence-electron chi connectivity index (χ0n) is 23.7. The van der Waals surface area contributed by atoms with Gasteiger partial charge in [-0.1, -0.05) is 18.1 Å². The lowest BCUT2D eigenvalue weighted by Crippen LogP contribution is -2.44. The van der Waals surface area contributed by atoms with Gasteiger partial charge < -0.3 is 20.2 Å². The number of oxime groups is 1. The Bertz CT molecular complexity index is 1320. The third-order valence-corrected chi connectivity index (χ3v) is 11.1. The number of carbonyl (C=O) groups is 2. The number of fused-ring (bicyclic) bond motifs is 5. The van der Waals surface area contributed by atoms with Crippen molar-refractivity contribution in [3.05, 3.63) is 40.4 Å². The predicted octanol–water partition coefficient (Wildman–Crippen LogP) is 6.01. The maximum Gasteiger partial charge on any atom is 0.326 e. The molecule has 2 saturated carbocycles. The molecule has 1 amide bonds. The van der Waals surface area contributed by atoms with Gasteiger partial charge in [0.1, 0.15) is 13.2 Å².